The molecule has 12 heteroatoms. The van der Waals surface area contributed by atoms with Crippen LogP contribution < -0.4 is 10.1 Å². The highest BCUT2D eigenvalue weighted by Crippen LogP contribution is 2.71. The summed E-state index contributed by atoms with van der Waals surface area (Å²) in [6.07, 6.45) is 1.95. The molecule has 0 radical (unpaired) electrons. The average Bonchev–Trinajstić information content (AvgIpc) is 3.38. The van der Waals surface area contributed by atoms with Crippen LogP contribution in [0.2, 0.25) is 5.02 Å². The Hall–Kier alpha value is -3.05. The van der Waals surface area contributed by atoms with Gasteiger partial charge in [-0.25, -0.2) is 8.78 Å². The van der Waals surface area contributed by atoms with E-state index >= 15 is 0 Å². The molecule has 190 valence electrons. The molecular formula is C24H23ClF2N4O5. The second-order valence-corrected chi connectivity index (χ2v) is 10.8. The van der Waals surface area contributed by atoms with Crippen LogP contribution in [0.3, 0.4) is 0 Å². The van der Waals surface area contributed by atoms with Crippen LogP contribution in [0.15, 0.2) is 30.6 Å². The standard InChI is InChI=1S/C24H23ClF2N4O5/c25-14-1-2-17-15(5-14)16(32)6-18(36-17)19(33)29-21(35)22-9-23(10-22,11-22)31-8-13(7-28-31)20(34)30-4-3-24(26,27)12-30/h1-2,5,7-8,16,18,32H,3-4,6,9-12H2,(H,29,33,35)/t16-,18-,22?,23?/m1/s1. The fraction of sp³-hybridized carbons (Fsp3) is 0.500. The number of carbonyl (C=O) groups is 3. The number of aliphatic hydroxyl groups is 1. The van der Waals surface area contributed by atoms with E-state index in [9.17, 15) is 28.3 Å². The molecule has 1 aromatic carbocycles. The number of aliphatic hydroxyl groups excluding tert-OH is 1. The first-order valence-electron chi connectivity index (χ1n) is 11.7. The van der Waals surface area contributed by atoms with E-state index in [1.165, 1.54) is 6.20 Å². The van der Waals surface area contributed by atoms with Crippen molar-refractivity contribution < 1.29 is 33.0 Å². The van der Waals surface area contributed by atoms with Gasteiger partial charge in [-0.2, -0.15) is 5.10 Å². The predicted molar refractivity (Wildman–Crippen MR) is 121 cm³/mol. The maximum atomic E-state index is 13.5. The molecule has 2 atom stereocenters. The number of alkyl halides is 2. The topological polar surface area (TPSA) is 114 Å². The maximum absolute atomic E-state index is 13.5. The van der Waals surface area contributed by atoms with Gasteiger partial charge in [0.15, 0.2) is 6.10 Å². The second kappa shape index (κ2) is 7.72. The van der Waals surface area contributed by atoms with Gasteiger partial charge in [-0.05, 0) is 37.5 Å². The third-order valence-corrected chi connectivity index (χ3v) is 8.06. The number of carbonyl (C=O) groups excluding carboxylic acids is 3. The number of benzene rings is 1. The molecular weight excluding hydrogens is 498 g/mol. The van der Waals surface area contributed by atoms with Crippen LogP contribution >= 0.6 is 11.6 Å². The summed E-state index contributed by atoms with van der Waals surface area (Å²) in [5.41, 5.74) is -0.402. The van der Waals surface area contributed by atoms with Gasteiger partial charge in [0.05, 0.1) is 35.4 Å². The minimum atomic E-state index is -2.87. The van der Waals surface area contributed by atoms with E-state index in [1.54, 1.807) is 29.1 Å². The minimum Gasteiger partial charge on any atom is -0.480 e. The van der Waals surface area contributed by atoms with Crippen LogP contribution in [0, 0.1) is 5.41 Å². The lowest BCUT2D eigenvalue weighted by atomic mass is 9.39. The number of amides is 3. The van der Waals surface area contributed by atoms with Crippen molar-refractivity contribution in [1.82, 2.24) is 20.0 Å². The van der Waals surface area contributed by atoms with Crippen molar-refractivity contribution >= 4 is 29.3 Å². The SMILES string of the molecule is O=C(NC(=O)C12CC(n3cc(C(=O)N4CCC(F)(F)C4)cn3)(C1)C2)[C@H]1C[C@@H](O)c2cc(Cl)ccc2O1. The van der Waals surface area contributed by atoms with E-state index in [1.807, 2.05) is 0 Å². The van der Waals surface area contributed by atoms with Gasteiger partial charge in [0.25, 0.3) is 17.7 Å². The Morgan fingerprint density at radius 3 is 2.67 bits per heavy atom. The van der Waals surface area contributed by atoms with Gasteiger partial charge in [-0.3, -0.25) is 24.4 Å². The summed E-state index contributed by atoms with van der Waals surface area (Å²) < 4.78 is 34.2. The molecule has 3 aliphatic carbocycles. The Balaban J connectivity index is 1.06. The molecule has 5 aliphatic rings. The Kier molecular flexibility index (Phi) is 5.01. The Bertz CT molecular complexity index is 1280. The van der Waals surface area contributed by atoms with Crippen LogP contribution in [0.5, 0.6) is 5.75 Å². The smallest absolute Gasteiger partial charge is 0.267 e. The van der Waals surface area contributed by atoms with Gasteiger partial charge in [-0.1, -0.05) is 11.6 Å². The number of nitrogens with one attached hydrogen (secondary N) is 1. The third-order valence-electron chi connectivity index (χ3n) is 7.82. The molecule has 0 unspecified atom stereocenters. The fourth-order valence-electron chi connectivity index (χ4n) is 5.91. The number of halogens is 3. The van der Waals surface area contributed by atoms with Crippen molar-refractivity contribution in [3.8, 4) is 5.75 Å². The molecule has 3 amide bonds. The highest BCUT2D eigenvalue weighted by molar-refractivity contribution is 6.30. The first-order chi connectivity index (χ1) is 17.0. The molecule has 0 spiro atoms. The lowest BCUT2D eigenvalue weighted by molar-refractivity contribution is -0.201. The molecule has 36 heavy (non-hydrogen) atoms. The number of ether oxygens (including phenoxy) is 1. The van der Waals surface area contributed by atoms with Crippen molar-refractivity contribution in [2.45, 2.75) is 55.8 Å². The number of nitrogens with zero attached hydrogens (tertiary/aromatic N) is 3. The molecule has 3 saturated carbocycles. The summed E-state index contributed by atoms with van der Waals surface area (Å²) in [7, 11) is 0. The lowest BCUT2D eigenvalue weighted by Gasteiger charge is -2.68. The Morgan fingerprint density at radius 1 is 1.22 bits per heavy atom. The van der Waals surface area contributed by atoms with E-state index in [0.29, 0.717) is 35.6 Å². The number of imide groups is 1. The summed E-state index contributed by atoms with van der Waals surface area (Å²) in [5, 5.41) is 17.5. The molecule has 7 rings (SSSR count). The fourth-order valence-corrected chi connectivity index (χ4v) is 6.09. The average molecular weight is 521 g/mol. The Labute approximate surface area is 209 Å². The number of likely N-dealkylation sites (tertiary alicyclic amines) is 1. The van der Waals surface area contributed by atoms with E-state index in [0.717, 1.165) is 4.90 Å². The van der Waals surface area contributed by atoms with Crippen LogP contribution in [0.4, 0.5) is 8.78 Å². The predicted octanol–water partition coefficient (Wildman–Crippen LogP) is 2.42. The number of rotatable bonds is 4. The zero-order chi connectivity index (χ0) is 25.5. The van der Waals surface area contributed by atoms with E-state index in [-0.39, 0.29) is 24.9 Å². The van der Waals surface area contributed by atoms with E-state index in [4.69, 9.17) is 16.3 Å². The summed E-state index contributed by atoms with van der Waals surface area (Å²) in [6, 6.07) is 4.75. The molecule has 2 bridgehead atoms. The van der Waals surface area contributed by atoms with Gasteiger partial charge < -0.3 is 14.7 Å². The number of hydrogen-bond donors (Lipinski definition) is 2. The highest BCUT2D eigenvalue weighted by atomic mass is 35.5. The quantitative estimate of drug-likeness (QED) is 0.599. The van der Waals surface area contributed by atoms with Gasteiger partial charge >= 0.3 is 0 Å². The second-order valence-electron chi connectivity index (χ2n) is 10.4. The summed E-state index contributed by atoms with van der Waals surface area (Å²) in [6.45, 7) is -0.596. The molecule has 2 aliphatic heterocycles. The molecule has 3 heterocycles. The van der Waals surface area contributed by atoms with Gasteiger partial charge in [0.2, 0.25) is 5.91 Å². The number of aromatic nitrogens is 2. The molecule has 1 aromatic heterocycles. The first kappa shape index (κ1) is 23.4. The zero-order valence-corrected chi connectivity index (χ0v) is 19.8. The van der Waals surface area contributed by atoms with Crippen molar-refractivity contribution in [2.75, 3.05) is 13.1 Å². The van der Waals surface area contributed by atoms with Crippen molar-refractivity contribution in [3.05, 3.63) is 46.7 Å². The van der Waals surface area contributed by atoms with Crippen molar-refractivity contribution in [1.29, 1.82) is 0 Å². The number of hydrogen-bond acceptors (Lipinski definition) is 6. The normalized spacial score (nSPS) is 31.5. The van der Waals surface area contributed by atoms with Gasteiger partial charge in [0, 0.05) is 36.2 Å². The van der Waals surface area contributed by atoms with Crippen LogP contribution in [-0.2, 0) is 15.1 Å². The van der Waals surface area contributed by atoms with E-state index in [2.05, 4.69) is 10.4 Å². The highest BCUT2D eigenvalue weighted by Gasteiger charge is 2.73. The van der Waals surface area contributed by atoms with Crippen LogP contribution in [0.25, 0.3) is 0 Å². The minimum absolute atomic E-state index is 0.000530. The van der Waals surface area contributed by atoms with Gasteiger partial charge in [0.1, 0.15) is 5.75 Å². The lowest BCUT2D eigenvalue weighted by Crippen LogP contribution is -2.73. The third kappa shape index (κ3) is 3.59. The maximum Gasteiger partial charge on any atom is 0.267 e. The van der Waals surface area contributed by atoms with E-state index < -0.39 is 53.4 Å². The zero-order valence-electron chi connectivity index (χ0n) is 19.0. The van der Waals surface area contributed by atoms with Crippen molar-refractivity contribution in [3.63, 3.8) is 0 Å². The molecule has 2 N–H and O–H groups in total. The first-order valence-corrected chi connectivity index (χ1v) is 12.1. The molecule has 9 nitrogen and oxygen atoms in total. The van der Waals surface area contributed by atoms with Crippen LogP contribution in [0.1, 0.15) is 54.1 Å². The van der Waals surface area contributed by atoms with Gasteiger partial charge in [-0.15, -0.1) is 0 Å². The summed E-state index contributed by atoms with van der Waals surface area (Å²) >= 11 is 5.96. The largest absolute Gasteiger partial charge is 0.480 e. The van der Waals surface area contributed by atoms with Crippen LogP contribution in [-0.4, -0.2) is 62.6 Å². The summed E-state index contributed by atoms with van der Waals surface area (Å²) in [5.74, 6) is -4.03. The monoisotopic (exact) mass is 520 g/mol. The number of fused-ring (bicyclic) bond motifs is 1. The summed E-state index contributed by atoms with van der Waals surface area (Å²) in [4.78, 5) is 39.3. The molecule has 2 aromatic rings. The van der Waals surface area contributed by atoms with Crippen molar-refractivity contribution in [2.24, 2.45) is 5.41 Å². The Morgan fingerprint density at radius 2 is 1.97 bits per heavy atom. The molecule has 4 fully saturated rings. The molecule has 1 saturated heterocycles.